The molecule has 2 aromatic heterocycles. The summed E-state index contributed by atoms with van der Waals surface area (Å²) in [6.45, 7) is 11.8. The summed E-state index contributed by atoms with van der Waals surface area (Å²) in [7, 11) is 0. The van der Waals surface area contributed by atoms with E-state index in [1.165, 1.54) is 16.0 Å². The summed E-state index contributed by atoms with van der Waals surface area (Å²) in [6.07, 6.45) is 5.46. The first-order valence-corrected chi connectivity index (χ1v) is 12.7. The lowest BCUT2D eigenvalue weighted by molar-refractivity contribution is -0.155. The van der Waals surface area contributed by atoms with Crippen LogP contribution in [0.4, 0.5) is 0 Å². The standard InChI is InChI=1S/C27H33N5O2S/c1-16-17(2)35-26-23(16)24(20-12-10-19(11-13-20)9-7-8-14-28)29-21(15-22(33)34-27(4,5)6)25-31-30-18(3)32(25)26/h8,10-14,21H,7,9,15,28H2,1-6H3/b14-8-. The minimum absolute atomic E-state index is 0.0926. The summed E-state index contributed by atoms with van der Waals surface area (Å²) in [4.78, 5) is 19.2. The second-order valence-corrected chi connectivity index (χ2v) is 11.1. The number of carbonyl (C=O) groups excluding carboxylic acids is 1. The van der Waals surface area contributed by atoms with Crippen molar-refractivity contribution in [1.29, 1.82) is 0 Å². The Hall–Kier alpha value is -3.26. The van der Waals surface area contributed by atoms with E-state index in [9.17, 15) is 4.79 Å². The van der Waals surface area contributed by atoms with Gasteiger partial charge < -0.3 is 10.5 Å². The molecule has 1 aromatic carbocycles. The van der Waals surface area contributed by atoms with Gasteiger partial charge in [0.15, 0.2) is 5.82 Å². The molecule has 0 radical (unpaired) electrons. The van der Waals surface area contributed by atoms with Crippen LogP contribution in [0, 0.1) is 20.8 Å². The molecule has 8 heteroatoms. The zero-order valence-corrected chi connectivity index (χ0v) is 22.1. The molecule has 0 saturated heterocycles. The second kappa shape index (κ2) is 9.77. The predicted octanol–water partition coefficient (Wildman–Crippen LogP) is 5.28. The number of benzene rings is 1. The minimum Gasteiger partial charge on any atom is -0.460 e. The highest BCUT2D eigenvalue weighted by atomic mass is 32.1. The Balaban J connectivity index is 1.82. The second-order valence-electron chi connectivity index (χ2n) is 9.85. The third-order valence-electron chi connectivity index (χ3n) is 5.98. The number of rotatable bonds is 6. The Morgan fingerprint density at radius 2 is 1.89 bits per heavy atom. The summed E-state index contributed by atoms with van der Waals surface area (Å²) in [5.74, 6) is 1.13. The largest absolute Gasteiger partial charge is 0.460 e. The first-order valence-electron chi connectivity index (χ1n) is 11.9. The van der Waals surface area contributed by atoms with Gasteiger partial charge in [0.05, 0.1) is 12.1 Å². The van der Waals surface area contributed by atoms with Crippen LogP contribution in [0.25, 0.3) is 5.00 Å². The van der Waals surface area contributed by atoms with Gasteiger partial charge >= 0.3 is 5.97 Å². The maximum Gasteiger partial charge on any atom is 0.308 e. The lowest BCUT2D eigenvalue weighted by atomic mass is 9.98. The van der Waals surface area contributed by atoms with Crippen molar-refractivity contribution >= 4 is 23.0 Å². The van der Waals surface area contributed by atoms with Crippen LogP contribution in [0.2, 0.25) is 0 Å². The molecular weight excluding hydrogens is 458 g/mol. The summed E-state index contributed by atoms with van der Waals surface area (Å²) in [5.41, 5.74) is 10.3. The number of esters is 1. The molecule has 0 amide bonds. The number of hydrogen-bond acceptors (Lipinski definition) is 7. The number of allylic oxidation sites excluding steroid dienone is 1. The lowest BCUT2D eigenvalue weighted by Crippen LogP contribution is -2.25. The molecule has 0 spiro atoms. The van der Waals surface area contributed by atoms with Crippen molar-refractivity contribution in [3.8, 4) is 5.00 Å². The predicted molar refractivity (Wildman–Crippen MR) is 140 cm³/mol. The molecule has 3 aromatic rings. The molecule has 7 nitrogen and oxygen atoms in total. The molecule has 184 valence electrons. The van der Waals surface area contributed by atoms with E-state index in [0.717, 1.165) is 40.5 Å². The van der Waals surface area contributed by atoms with Crippen molar-refractivity contribution in [3.05, 3.63) is 75.3 Å². The van der Waals surface area contributed by atoms with E-state index in [2.05, 4.69) is 52.9 Å². The zero-order valence-electron chi connectivity index (χ0n) is 21.3. The molecule has 35 heavy (non-hydrogen) atoms. The van der Waals surface area contributed by atoms with Gasteiger partial charge in [0.1, 0.15) is 22.5 Å². The van der Waals surface area contributed by atoms with Gasteiger partial charge in [0.25, 0.3) is 0 Å². The van der Waals surface area contributed by atoms with Gasteiger partial charge in [-0.3, -0.25) is 14.4 Å². The van der Waals surface area contributed by atoms with Gasteiger partial charge in [0.2, 0.25) is 0 Å². The van der Waals surface area contributed by atoms with Gasteiger partial charge in [-0.25, -0.2) is 0 Å². The minimum atomic E-state index is -0.570. The molecular formula is C27H33N5O2S. The van der Waals surface area contributed by atoms with Crippen LogP contribution in [0.3, 0.4) is 0 Å². The summed E-state index contributed by atoms with van der Waals surface area (Å²) in [5, 5.41) is 9.84. The molecule has 0 bridgehead atoms. The number of aryl methyl sites for hydroxylation is 3. The average molecular weight is 492 g/mol. The molecule has 0 saturated carbocycles. The van der Waals surface area contributed by atoms with Crippen LogP contribution in [0.5, 0.6) is 0 Å². The normalized spacial score (nSPS) is 15.5. The maximum absolute atomic E-state index is 12.8. The first kappa shape index (κ1) is 24.9. The number of thiophene rings is 1. The maximum atomic E-state index is 12.8. The topological polar surface area (TPSA) is 95.4 Å². The Morgan fingerprint density at radius 3 is 2.54 bits per heavy atom. The van der Waals surface area contributed by atoms with Crippen LogP contribution >= 0.6 is 11.3 Å². The van der Waals surface area contributed by atoms with Crippen LogP contribution in [-0.4, -0.2) is 32.0 Å². The van der Waals surface area contributed by atoms with Crippen molar-refractivity contribution in [1.82, 2.24) is 14.8 Å². The highest BCUT2D eigenvalue weighted by Gasteiger charge is 2.33. The Kier molecular flexibility index (Phi) is 6.94. The van der Waals surface area contributed by atoms with Crippen LogP contribution < -0.4 is 5.73 Å². The first-order chi connectivity index (χ1) is 16.6. The van der Waals surface area contributed by atoms with Gasteiger partial charge in [-0.2, -0.15) is 0 Å². The van der Waals surface area contributed by atoms with Gasteiger partial charge in [-0.05, 0) is 71.7 Å². The molecule has 1 aliphatic heterocycles. The van der Waals surface area contributed by atoms with Crippen molar-refractivity contribution in [2.75, 3.05) is 0 Å². The molecule has 0 aliphatic carbocycles. The summed E-state index contributed by atoms with van der Waals surface area (Å²) in [6, 6.07) is 7.99. The van der Waals surface area contributed by atoms with Gasteiger partial charge in [-0.15, -0.1) is 21.5 Å². The number of nitrogens with two attached hydrogens (primary N) is 1. The average Bonchev–Trinajstić information content (AvgIpc) is 3.25. The Labute approximate surface area is 210 Å². The molecule has 1 aliphatic rings. The number of nitrogens with zero attached hydrogens (tertiary/aromatic N) is 4. The highest BCUT2D eigenvalue weighted by molar-refractivity contribution is 7.15. The lowest BCUT2D eigenvalue weighted by Gasteiger charge is -2.21. The number of carbonyl (C=O) groups is 1. The van der Waals surface area contributed by atoms with E-state index < -0.39 is 11.6 Å². The van der Waals surface area contributed by atoms with Crippen LogP contribution in [0.15, 0.2) is 41.5 Å². The smallest absolute Gasteiger partial charge is 0.308 e. The summed E-state index contributed by atoms with van der Waals surface area (Å²) < 4.78 is 7.69. The molecule has 3 heterocycles. The van der Waals surface area contributed by atoms with Crippen molar-refractivity contribution in [2.24, 2.45) is 10.7 Å². The van der Waals surface area contributed by atoms with E-state index in [1.54, 1.807) is 17.5 Å². The van der Waals surface area contributed by atoms with E-state index in [-0.39, 0.29) is 12.4 Å². The number of fused-ring (bicyclic) bond motifs is 3. The molecule has 1 unspecified atom stereocenters. The molecule has 2 N–H and O–H groups in total. The van der Waals surface area contributed by atoms with Gasteiger partial charge in [0, 0.05) is 16.0 Å². The van der Waals surface area contributed by atoms with Crippen molar-refractivity contribution < 1.29 is 9.53 Å². The fourth-order valence-corrected chi connectivity index (χ4v) is 5.46. The number of aromatic nitrogens is 3. The molecule has 0 fully saturated rings. The molecule has 4 rings (SSSR count). The Bertz CT molecular complexity index is 1290. The SMILES string of the molecule is Cc1sc2c(c1C)C(c1ccc(CC/C=C\N)cc1)=NC(CC(=O)OC(C)(C)C)c1nnc(C)n1-2. The van der Waals surface area contributed by atoms with E-state index >= 15 is 0 Å². The molecule has 1 atom stereocenters. The highest BCUT2D eigenvalue weighted by Crippen LogP contribution is 2.39. The summed E-state index contributed by atoms with van der Waals surface area (Å²) >= 11 is 1.70. The fraction of sp³-hybridized carbons (Fsp3) is 0.407. The zero-order chi connectivity index (χ0) is 25.3. The van der Waals surface area contributed by atoms with Gasteiger partial charge in [-0.1, -0.05) is 30.3 Å². The number of aliphatic imine (C=N–C) groups is 1. The Morgan fingerprint density at radius 1 is 1.17 bits per heavy atom. The number of ether oxygens (including phenoxy) is 1. The number of hydrogen-bond donors (Lipinski definition) is 1. The third kappa shape index (κ3) is 5.22. The van der Waals surface area contributed by atoms with Crippen LogP contribution in [-0.2, 0) is 16.0 Å². The monoisotopic (exact) mass is 491 g/mol. The van der Waals surface area contributed by atoms with Crippen molar-refractivity contribution in [2.45, 2.75) is 72.4 Å². The van der Waals surface area contributed by atoms with E-state index in [4.69, 9.17) is 15.5 Å². The quantitative estimate of drug-likeness (QED) is 0.473. The van der Waals surface area contributed by atoms with E-state index in [1.807, 2.05) is 33.8 Å². The van der Waals surface area contributed by atoms with E-state index in [0.29, 0.717) is 5.82 Å². The fourth-order valence-electron chi connectivity index (χ4n) is 4.24. The third-order valence-corrected chi connectivity index (χ3v) is 7.18. The van der Waals surface area contributed by atoms with Crippen LogP contribution in [0.1, 0.15) is 78.4 Å². The van der Waals surface area contributed by atoms with Crippen molar-refractivity contribution in [3.63, 3.8) is 0 Å².